The average Bonchev–Trinajstić information content (AvgIpc) is 2.47. The number of halogens is 1. The van der Waals surface area contributed by atoms with Crippen molar-refractivity contribution in [2.75, 3.05) is 25.6 Å². The molecule has 0 saturated carbocycles. The Bertz CT molecular complexity index is 626. The Balaban J connectivity index is 1.99. The Morgan fingerprint density at radius 2 is 1.90 bits per heavy atom. The smallest absolute Gasteiger partial charge is 0.161 e. The van der Waals surface area contributed by atoms with E-state index in [9.17, 15) is 0 Å². The van der Waals surface area contributed by atoms with Gasteiger partial charge in [-0.3, -0.25) is 0 Å². The van der Waals surface area contributed by atoms with Gasteiger partial charge in [-0.2, -0.15) is 0 Å². The third-order valence-corrected chi connectivity index (χ3v) is 3.73. The normalized spacial score (nSPS) is 13.9. The highest BCUT2D eigenvalue weighted by atomic mass is 35.5. The van der Waals surface area contributed by atoms with Crippen LogP contribution >= 0.6 is 11.6 Å². The molecule has 0 bridgehead atoms. The molecule has 0 spiro atoms. The van der Waals surface area contributed by atoms with Gasteiger partial charge >= 0.3 is 0 Å². The lowest BCUT2D eigenvalue weighted by molar-refractivity contribution is 0.109. The SMILES string of the molecule is CN(C)c1ccc(-c2nc(Cl)c3c(n2)CCOC3)cc1. The summed E-state index contributed by atoms with van der Waals surface area (Å²) in [5.41, 5.74) is 4.05. The molecular weight excluding hydrogens is 274 g/mol. The lowest BCUT2D eigenvalue weighted by atomic mass is 10.1. The molecule has 4 nitrogen and oxygen atoms in total. The van der Waals surface area contributed by atoms with E-state index >= 15 is 0 Å². The van der Waals surface area contributed by atoms with E-state index in [2.05, 4.69) is 27.0 Å². The van der Waals surface area contributed by atoms with Crippen LogP contribution in [-0.2, 0) is 17.8 Å². The summed E-state index contributed by atoms with van der Waals surface area (Å²) in [6.45, 7) is 1.20. The molecular formula is C15H16ClN3O. The Labute approximate surface area is 123 Å². The van der Waals surface area contributed by atoms with Crippen molar-refractivity contribution < 1.29 is 4.74 Å². The molecule has 1 aromatic carbocycles. The Morgan fingerprint density at radius 3 is 2.60 bits per heavy atom. The lowest BCUT2D eigenvalue weighted by Crippen LogP contribution is -2.14. The summed E-state index contributed by atoms with van der Waals surface area (Å²) < 4.78 is 5.39. The minimum absolute atomic E-state index is 0.501. The Kier molecular flexibility index (Phi) is 3.59. The number of hydrogen-bond donors (Lipinski definition) is 0. The summed E-state index contributed by atoms with van der Waals surface area (Å²) in [6, 6.07) is 8.14. The zero-order chi connectivity index (χ0) is 14.1. The van der Waals surface area contributed by atoms with Crippen LogP contribution in [0.3, 0.4) is 0 Å². The van der Waals surface area contributed by atoms with Crippen molar-refractivity contribution >= 4 is 17.3 Å². The van der Waals surface area contributed by atoms with Gasteiger partial charge in [-0.1, -0.05) is 11.6 Å². The summed E-state index contributed by atoms with van der Waals surface area (Å²) in [4.78, 5) is 11.1. The van der Waals surface area contributed by atoms with Gasteiger partial charge in [0.1, 0.15) is 5.15 Å². The second-order valence-electron chi connectivity index (χ2n) is 5.01. The molecule has 0 saturated heterocycles. The molecule has 5 heteroatoms. The van der Waals surface area contributed by atoms with Gasteiger partial charge in [-0.05, 0) is 24.3 Å². The van der Waals surface area contributed by atoms with Crippen LogP contribution in [0, 0.1) is 0 Å². The standard InChI is InChI=1S/C15H16ClN3O/c1-19(2)11-5-3-10(4-6-11)15-17-13-7-8-20-9-12(13)14(16)18-15/h3-6H,7-9H2,1-2H3. The van der Waals surface area contributed by atoms with Crippen LogP contribution in [0.4, 0.5) is 5.69 Å². The number of rotatable bonds is 2. The third-order valence-electron chi connectivity index (χ3n) is 3.41. The van der Waals surface area contributed by atoms with Crippen molar-refractivity contribution in [2.45, 2.75) is 13.0 Å². The fraction of sp³-hybridized carbons (Fsp3) is 0.333. The highest BCUT2D eigenvalue weighted by Crippen LogP contribution is 2.26. The number of anilines is 1. The van der Waals surface area contributed by atoms with E-state index in [1.807, 2.05) is 26.2 Å². The van der Waals surface area contributed by atoms with Gasteiger partial charge in [-0.15, -0.1) is 0 Å². The van der Waals surface area contributed by atoms with E-state index in [4.69, 9.17) is 16.3 Å². The Hall–Kier alpha value is -1.65. The first-order chi connectivity index (χ1) is 9.65. The van der Waals surface area contributed by atoms with Gasteiger partial charge in [0, 0.05) is 37.3 Å². The molecule has 3 rings (SSSR count). The molecule has 104 valence electrons. The topological polar surface area (TPSA) is 38.2 Å². The quantitative estimate of drug-likeness (QED) is 0.797. The third kappa shape index (κ3) is 2.49. The molecule has 0 fully saturated rings. The zero-order valence-electron chi connectivity index (χ0n) is 11.6. The van der Waals surface area contributed by atoms with Crippen molar-refractivity contribution in [3.8, 4) is 11.4 Å². The van der Waals surface area contributed by atoms with Gasteiger partial charge in [0.05, 0.1) is 18.9 Å². The van der Waals surface area contributed by atoms with Crippen LogP contribution in [0.5, 0.6) is 0 Å². The molecule has 0 atom stereocenters. The highest BCUT2D eigenvalue weighted by Gasteiger charge is 2.17. The lowest BCUT2D eigenvalue weighted by Gasteiger charge is -2.17. The molecule has 20 heavy (non-hydrogen) atoms. The van der Waals surface area contributed by atoms with E-state index in [1.54, 1.807) is 0 Å². The zero-order valence-corrected chi connectivity index (χ0v) is 12.3. The maximum atomic E-state index is 6.24. The first-order valence-corrected chi connectivity index (χ1v) is 6.94. The van der Waals surface area contributed by atoms with Crippen LogP contribution in [0.1, 0.15) is 11.3 Å². The second-order valence-corrected chi connectivity index (χ2v) is 5.37. The molecule has 0 amide bonds. The summed E-state index contributed by atoms with van der Waals surface area (Å²) in [6.07, 6.45) is 0.792. The fourth-order valence-corrected chi connectivity index (χ4v) is 2.47. The van der Waals surface area contributed by atoms with Gasteiger partial charge < -0.3 is 9.64 Å². The molecule has 1 aromatic heterocycles. The van der Waals surface area contributed by atoms with Gasteiger partial charge in [-0.25, -0.2) is 9.97 Å². The van der Waals surface area contributed by atoms with Gasteiger partial charge in [0.15, 0.2) is 5.82 Å². The van der Waals surface area contributed by atoms with Crippen molar-refractivity contribution in [3.05, 3.63) is 40.7 Å². The first-order valence-electron chi connectivity index (χ1n) is 6.56. The minimum atomic E-state index is 0.501. The van der Waals surface area contributed by atoms with Crippen molar-refractivity contribution in [3.63, 3.8) is 0 Å². The van der Waals surface area contributed by atoms with E-state index in [0.29, 0.717) is 24.2 Å². The van der Waals surface area contributed by atoms with Crippen LogP contribution in [-0.4, -0.2) is 30.7 Å². The highest BCUT2D eigenvalue weighted by molar-refractivity contribution is 6.30. The number of benzene rings is 1. The minimum Gasteiger partial charge on any atom is -0.378 e. The summed E-state index contributed by atoms with van der Waals surface area (Å²) in [5, 5.41) is 0.501. The van der Waals surface area contributed by atoms with Gasteiger partial charge in [0.2, 0.25) is 0 Å². The molecule has 0 unspecified atom stereocenters. The number of aromatic nitrogens is 2. The van der Waals surface area contributed by atoms with Crippen molar-refractivity contribution in [1.29, 1.82) is 0 Å². The largest absolute Gasteiger partial charge is 0.378 e. The molecule has 0 N–H and O–H groups in total. The van der Waals surface area contributed by atoms with Crippen LogP contribution in [0.25, 0.3) is 11.4 Å². The second kappa shape index (κ2) is 5.38. The van der Waals surface area contributed by atoms with Crippen LogP contribution in [0.2, 0.25) is 5.15 Å². The van der Waals surface area contributed by atoms with Crippen molar-refractivity contribution in [1.82, 2.24) is 9.97 Å². The van der Waals surface area contributed by atoms with Crippen LogP contribution < -0.4 is 4.90 Å². The summed E-state index contributed by atoms with van der Waals surface area (Å²) >= 11 is 6.24. The predicted molar refractivity (Wildman–Crippen MR) is 80.2 cm³/mol. The number of ether oxygens (including phenoxy) is 1. The maximum absolute atomic E-state index is 6.24. The maximum Gasteiger partial charge on any atom is 0.161 e. The van der Waals surface area contributed by atoms with E-state index in [0.717, 1.165) is 28.9 Å². The van der Waals surface area contributed by atoms with Crippen molar-refractivity contribution in [2.24, 2.45) is 0 Å². The molecule has 2 heterocycles. The van der Waals surface area contributed by atoms with E-state index in [-0.39, 0.29) is 0 Å². The predicted octanol–water partition coefficient (Wildman–Crippen LogP) is 2.94. The van der Waals surface area contributed by atoms with E-state index in [1.165, 1.54) is 0 Å². The molecule has 0 radical (unpaired) electrons. The fourth-order valence-electron chi connectivity index (χ4n) is 2.23. The first kappa shape index (κ1) is 13.3. The monoisotopic (exact) mass is 289 g/mol. The molecule has 0 aliphatic carbocycles. The van der Waals surface area contributed by atoms with Gasteiger partial charge in [0.25, 0.3) is 0 Å². The molecule has 1 aliphatic rings. The average molecular weight is 290 g/mol. The Morgan fingerprint density at radius 1 is 1.15 bits per heavy atom. The summed E-state index contributed by atoms with van der Waals surface area (Å²) in [7, 11) is 4.03. The van der Waals surface area contributed by atoms with Crippen LogP contribution in [0.15, 0.2) is 24.3 Å². The van der Waals surface area contributed by atoms with E-state index < -0.39 is 0 Å². The number of nitrogens with zero attached hydrogens (tertiary/aromatic N) is 3. The molecule has 1 aliphatic heterocycles. The molecule has 2 aromatic rings. The number of hydrogen-bond acceptors (Lipinski definition) is 4. The summed E-state index contributed by atoms with van der Waals surface area (Å²) in [5.74, 6) is 0.681. The number of fused-ring (bicyclic) bond motifs is 1.